The molecule has 0 aromatic heterocycles. The normalized spacial score (nSPS) is 18.5. The molecule has 2 amide bonds. The van der Waals surface area contributed by atoms with Crippen LogP contribution in [0.5, 0.6) is 11.5 Å². The lowest BCUT2D eigenvalue weighted by atomic mass is 10.1. The topological polar surface area (TPSA) is 106 Å². The molecule has 242 valence electrons. The van der Waals surface area contributed by atoms with Crippen molar-refractivity contribution in [3.8, 4) is 11.5 Å². The number of rotatable bonds is 5. The molecule has 2 aliphatic rings. The van der Waals surface area contributed by atoms with Crippen LogP contribution >= 0.6 is 0 Å². The van der Waals surface area contributed by atoms with E-state index >= 15 is 0 Å². The molecule has 3 aromatic rings. The third-order valence-electron chi connectivity index (χ3n) is 7.79. The highest BCUT2D eigenvalue weighted by Gasteiger charge is 2.31. The number of phenols is 1. The molecular weight excluding hydrogens is 572 g/mol. The molecule has 3 aromatic carbocycles. The van der Waals surface area contributed by atoms with Crippen molar-refractivity contribution in [1.82, 2.24) is 9.80 Å². The van der Waals surface area contributed by atoms with Gasteiger partial charge in [-0.3, -0.25) is 0 Å². The van der Waals surface area contributed by atoms with Crippen LogP contribution in [-0.4, -0.2) is 89.2 Å². The monoisotopic (exact) mass is 618 g/mol. The number of piperazine rings is 2. The smallest absolute Gasteiger partial charge is 0.410 e. The average molecular weight is 619 g/mol. The average Bonchev–Trinajstić information content (AvgIpc) is 3.00. The first-order valence-corrected chi connectivity index (χ1v) is 15.4. The summed E-state index contributed by atoms with van der Waals surface area (Å²) in [5.74, 6) is 1.10. The lowest BCUT2D eigenvalue weighted by Crippen LogP contribution is -2.55. The van der Waals surface area contributed by atoms with Gasteiger partial charge in [0.2, 0.25) is 0 Å². The van der Waals surface area contributed by atoms with Crippen LogP contribution in [-0.2, 0) is 11.3 Å². The van der Waals surface area contributed by atoms with Crippen LogP contribution in [0.25, 0.3) is 0 Å². The first-order chi connectivity index (χ1) is 21.4. The quantitative estimate of drug-likeness (QED) is 0.344. The molecule has 5 rings (SSSR count). The minimum absolute atomic E-state index is 0.00902. The minimum Gasteiger partial charge on any atom is -0.508 e. The fraction of sp³-hybridized carbons (Fsp3) is 0.429. The number of carbonyl (C=O) groups excluding carboxylic acids is 1. The summed E-state index contributed by atoms with van der Waals surface area (Å²) in [5.41, 5.74) is 2.83. The third-order valence-corrected chi connectivity index (χ3v) is 7.79. The van der Waals surface area contributed by atoms with Gasteiger partial charge >= 0.3 is 12.2 Å². The molecule has 2 heterocycles. The molecule has 2 fully saturated rings. The van der Waals surface area contributed by atoms with Crippen molar-refractivity contribution < 1.29 is 29.3 Å². The van der Waals surface area contributed by atoms with Gasteiger partial charge in [0.05, 0.1) is 0 Å². The third kappa shape index (κ3) is 9.69. The SMILES string of the molecule is C[C@@H]1CN(c2ccc(O)cc2)CCN1C(=O)OC(C)(C)C.C[C@@H]1CN(c2ccc(OCc3ccccc3)cc2)CCN1C(=O)O. The van der Waals surface area contributed by atoms with Crippen molar-refractivity contribution in [2.75, 3.05) is 49.1 Å². The van der Waals surface area contributed by atoms with E-state index in [0.29, 0.717) is 32.8 Å². The fourth-order valence-corrected chi connectivity index (χ4v) is 5.42. The van der Waals surface area contributed by atoms with Crippen LogP contribution in [0.4, 0.5) is 21.0 Å². The zero-order chi connectivity index (χ0) is 32.6. The van der Waals surface area contributed by atoms with Crippen LogP contribution in [0.15, 0.2) is 78.9 Å². The maximum absolute atomic E-state index is 12.2. The molecule has 0 unspecified atom stereocenters. The van der Waals surface area contributed by atoms with Crippen molar-refractivity contribution in [3.05, 3.63) is 84.4 Å². The number of phenolic OH excluding ortho intramolecular Hbond substituents is 1. The molecule has 2 N–H and O–H groups in total. The Morgan fingerprint density at radius 2 is 1.27 bits per heavy atom. The molecule has 0 aliphatic carbocycles. The van der Waals surface area contributed by atoms with Crippen molar-refractivity contribution in [3.63, 3.8) is 0 Å². The zero-order valence-electron chi connectivity index (χ0n) is 26.9. The van der Waals surface area contributed by atoms with E-state index in [0.717, 1.165) is 35.8 Å². The molecule has 2 saturated heterocycles. The van der Waals surface area contributed by atoms with E-state index in [1.807, 2.05) is 101 Å². The second-order valence-electron chi connectivity index (χ2n) is 12.5. The molecule has 0 radical (unpaired) electrons. The Balaban J connectivity index is 0.000000207. The Labute approximate surface area is 266 Å². The number of carboxylic acid groups (broad SMARTS) is 1. The van der Waals surface area contributed by atoms with E-state index in [1.54, 1.807) is 17.0 Å². The Morgan fingerprint density at radius 1 is 0.756 bits per heavy atom. The van der Waals surface area contributed by atoms with Gasteiger partial charge in [-0.1, -0.05) is 30.3 Å². The van der Waals surface area contributed by atoms with Gasteiger partial charge in [-0.05, 0) is 88.7 Å². The van der Waals surface area contributed by atoms with E-state index < -0.39 is 11.7 Å². The van der Waals surface area contributed by atoms with Crippen molar-refractivity contribution in [2.24, 2.45) is 0 Å². The number of hydrogen-bond donors (Lipinski definition) is 2. The zero-order valence-corrected chi connectivity index (χ0v) is 26.9. The van der Waals surface area contributed by atoms with E-state index in [4.69, 9.17) is 14.6 Å². The lowest BCUT2D eigenvalue weighted by Gasteiger charge is -2.41. The van der Waals surface area contributed by atoms with Crippen molar-refractivity contribution in [1.29, 1.82) is 0 Å². The maximum atomic E-state index is 12.2. The van der Waals surface area contributed by atoms with Gasteiger partial charge in [-0.15, -0.1) is 0 Å². The van der Waals surface area contributed by atoms with E-state index in [1.165, 1.54) is 4.90 Å². The largest absolute Gasteiger partial charge is 0.508 e. The van der Waals surface area contributed by atoms with Crippen molar-refractivity contribution in [2.45, 2.75) is 58.9 Å². The Morgan fingerprint density at radius 3 is 1.76 bits per heavy atom. The molecule has 0 saturated carbocycles. The molecule has 10 heteroatoms. The van der Waals surface area contributed by atoms with Gasteiger partial charge in [-0.2, -0.15) is 0 Å². The summed E-state index contributed by atoms with van der Waals surface area (Å²) in [6.45, 7) is 14.2. The van der Waals surface area contributed by atoms with Crippen molar-refractivity contribution >= 4 is 23.6 Å². The number of anilines is 2. The summed E-state index contributed by atoms with van der Waals surface area (Å²) in [4.78, 5) is 31.0. The minimum atomic E-state index is -0.841. The predicted octanol–water partition coefficient (Wildman–Crippen LogP) is 6.29. The van der Waals surface area contributed by atoms with Gasteiger partial charge in [0.25, 0.3) is 0 Å². The molecule has 10 nitrogen and oxygen atoms in total. The van der Waals surface area contributed by atoms with Gasteiger partial charge in [0, 0.05) is 62.7 Å². The number of carbonyl (C=O) groups is 2. The van der Waals surface area contributed by atoms with Crippen LogP contribution in [0.2, 0.25) is 0 Å². The summed E-state index contributed by atoms with van der Waals surface area (Å²) in [5, 5.41) is 18.5. The van der Waals surface area contributed by atoms with Crippen LogP contribution in [0, 0.1) is 0 Å². The van der Waals surface area contributed by atoms with Crippen LogP contribution in [0.1, 0.15) is 40.2 Å². The van der Waals surface area contributed by atoms with Gasteiger partial charge in [-0.25, -0.2) is 9.59 Å². The summed E-state index contributed by atoms with van der Waals surface area (Å²) in [6.07, 6.45) is -1.09. The van der Waals surface area contributed by atoms with Gasteiger partial charge in [0.1, 0.15) is 23.7 Å². The number of ether oxygens (including phenoxy) is 2. The summed E-state index contributed by atoms with van der Waals surface area (Å²) in [7, 11) is 0. The summed E-state index contributed by atoms with van der Waals surface area (Å²) < 4.78 is 11.2. The standard InChI is InChI=1S/C19H22N2O3.C16H24N2O3/c1-15-13-20(11-12-21(15)19(22)23)17-7-9-18(10-8-17)24-14-16-5-3-2-4-6-16;1-12-11-17(13-5-7-14(19)8-6-13)9-10-18(12)15(20)21-16(2,3)4/h2-10,15H,11-14H2,1H3,(H,22,23);5-8,12,19H,9-11H2,1-4H3/t15-;12-/m11/s1. The van der Waals surface area contributed by atoms with E-state index in [2.05, 4.69) is 9.80 Å². The molecule has 45 heavy (non-hydrogen) atoms. The highest BCUT2D eigenvalue weighted by atomic mass is 16.6. The summed E-state index contributed by atoms with van der Waals surface area (Å²) in [6, 6.07) is 25.3. The molecule has 0 spiro atoms. The number of amides is 2. The Kier molecular flexibility index (Phi) is 11.0. The fourth-order valence-electron chi connectivity index (χ4n) is 5.42. The Hall–Kier alpha value is -4.60. The number of nitrogens with zero attached hydrogens (tertiary/aromatic N) is 4. The Bertz CT molecular complexity index is 1380. The predicted molar refractivity (Wildman–Crippen MR) is 176 cm³/mol. The highest BCUT2D eigenvalue weighted by molar-refractivity contribution is 5.69. The second kappa shape index (κ2) is 14.9. The molecular formula is C35H46N4O6. The van der Waals surface area contributed by atoms with Gasteiger partial charge in [0.15, 0.2) is 0 Å². The second-order valence-corrected chi connectivity index (χ2v) is 12.5. The van der Waals surface area contributed by atoms with E-state index in [9.17, 15) is 14.7 Å². The number of hydrogen-bond acceptors (Lipinski definition) is 7. The number of aromatic hydroxyl groups is 1. The maximum Gasteiger partial charge on any atom is 0.410 e. The lowest BCUT2D eigenvalue weighted by molar-refractivity contribution is 0.0159. The van der Waals surface area contributed by atoms with Crippen LogP contribution in [0.3, 0.4) is 0 Å². The summed E-state index contributed by atoms with van der Waals surface area (Å²) >= 11 is 0. The first kappa shape index (κ1) is 33.3. The molecule has 0 bridgehead atoms. The molecule has 2 aliphatic heterocycles. The van der Waals surface area contributed by atoms with E-state index in [-0.39, 0.29) is 23.9 Å². The molecule has 2 atom stereocenters. The number of benzene rings is 3. The van der Waals surface area contributed by atoms with Crippen LogP contribution < -0.4 is 14.5 Å². The highest BCUT2D eigenvalue weighted by Crippen LogP contribution is 2.24. The van der Waals surface area contributed by atoms with Gasteiger partial charge < -0.3 is 39.3 Å². The first-order valence-electron chi connectivity index (χ1n) is 15.4.